The average Bonchev–Trinajstić information content (AvgIpc) is 2.37. The molecule has 4 nitrogen and oxygen atoms in total. The van der Waals surface area contributed by atoms with Gasteiger partial charge in [-0.2, -0.15) is 0 Å². The summed E-state index contributed by atoms with van der Waals surface area (Å²) in [6.07, 6.45) is 5.29. The van der Waals surface area contributed by atoms with E-state index in [1.807, 2.05) is 0 Å². The van der Waals surface area contributed by atoms with E-state index in [4.69, 9.17) is 5.11 Å². The van der Waals surface area contributed by atoms with Gasteiger partial charge < -0.3 is 10.4 Å². The first-order valence-electron chi connectivity index (χ1n) is 7.63. The number of rotatable bonds is 5. The molecule has 0 saturated heterocycles. The molecule has 21 heavy (non-hydrogen) atoms. The van der Waals surface area contributed by atoms with Gasteiger partial charge in [-0.3, -0.25) is 9.59 Å². The highest BCUT2D eigenvalue weighted by atomic mass is 16.4. The standard InChI is InChI=1S/C17H23NO3/c1-12-4-2-5-13(8-12)10-16(19)18-15-7-3-6-14(9-15)11-17(20)21/h3,6-7,9,12-13H,2,4-5,8,10-11H2,1H3,(H,18,19)(H,20,21). The number of anilines is 1. The van der Waals surface area contributed by atoms with E-state index in [-0.39, 0.29) is 12.3 Å². The van der Waals surface area contributed by atoms with Gasteiger partial charge in [0.25, 0.3) is 0 Å². The smallest absolute Gasteiger partial charge is 0.307 e. The van der Waals surface area contributed by atoms with E-state index in [0.717, 1.165) is 18.8 Å². The molecular formula is C17H23NO3. The van der Waals surface area contributed by atoms with Crippen LogP contribution in [0.25, 0.3) is 0 Å². The van der Waals surface area contributed by atoms with Crippen LogP contribution in [0.1, 0.15) is 44.6 Å². The van der Waals surface area contributed by atoms with Crippen LogP contribution in [0.3, 0.4) is 0 Å². The van der Waals surface area contributed by atoms with Crippen LogP contribution in [-0.4, -0.2) is 17.0 Å². The third kappa shape index (κ3) is 5.21. The fourth-order valence-electron chi connectivity index (χ4n) is 3.15. The Kier molecular flexibility index (Phi) is 5.37. The molecule has 1 aromatic rings. The van der Waals surface area contributed by atoms with Crippen molar-refractivity contribution in [3.8, 4) is 0 Å². The number of aliphatic carboxylic acids is 1. The predicted molar refractivity (Wildman–Crippen MR) is 82.2 cm³/mol. The fraction of sp³-hybridized carbons (Fsp3) is 0.529. The van der Waals surface area contributed by atoms with Gasteiger partial charge in [-0.1, -0.05) is 31.9 Å². The molecule has 114 valence electrons. The predicted octanol–water partition coefficient (Wildman–Crippen LogP) is 3.47. The maximum atomic E-state index is 12.1. The molecule has 1 aliphatic rings. The second-order valence-electron chi connectivity index (χ2n) is 6.16. The van der Waals surface area contributed by atoms with E-state index in [1.54, 1.807) is 24.3 Å². The molecule has 2 N–H and O–H groups in total. The van der Waals surface area contributed by atoms with Crippen molar-refractivity contribution >= 4 is 17.6 Å². The first kappa shape index (κ1) is 15.5. The molecule has 0 radical (unpaired) electrons. The maximum absolute atomic E-state index is 12.1. The summed E-state index contributed by atoms with van der Waals surface area (Å²) in [6, 6.07) is 7.06. The maximum Gasteiger partial charge on any atom is 0.307 e. The van der Waals surface area contributed by atoms with E-state index in [0.29, 0.717) is 23.6 Å². The number of carboxylic acids is 1. The molecule has 4 heteroatoms. The zero-order valence-corrected chi connectivity index (χ0v) is 12.5. The Hall–Kier alpha value is -1.84. The lowest BCUT2D eigenvalue weighted by molar-refractivity contribution is -0.136. The summed E-state index contributed by atoms with van der Waals surface area (Å²) in [5.41, 5.74) is 1.38. The molecule has 2 rings (SSSR count). The number of nitrogens with one attached hydrogen (secondary N) is 1. The number of hydrogen-bond acceptors (Lipinski definition) is 2. The molecule has 0 bridgehead atoms. The zero-order valence-electron chi connectivity index (χ0n) is 12.5. The number of carbonyl (C=O) groups excluding carboxylic acids is 1. The Morgan fingerprint density at radius 1 is 1.33 bits per heavy atom. The highest BCUT2D eigenvalue weighted by molar-refractivity contribution is 5.91. The molecule has 1 fully saturated rings. The van der Waals surface area contributed by atoms with Crippen LogP contribution in [0.15, 0.2) is 24.3 Å². The van der Waals surface area contributed by atoms with Crippen molar-refractivity contribution in [1.82, 2.24) is 0 Å². The molecule has 1 saturated carbocycles. The van der Waals surface area contributed by atoms with Gasteiger partial charge in [-0.15, -0.1) is 0 Å². The van der Waals surface area contributed by atoms with Gasteiger partial charge in [0.2, 0.25) is 5.91 Å². The molecule has 0 aliphatic heterocycles. The Morgan fingerprint density at radius 3 is 2.86 bits per heavy atom. The molecule has 1 aromatic carbocycles. The molecule has 0 aromatic heterocycles. The summed E-state index contributed by atoms with van der Waals surface area (Å²) in [6.45, 7) is 2.25. The molecule has 2 atom stereocenters. The van der Waals surface area contributed by atoms with Crippen LogP contribution in [0, 0.1) is 11.8 Å². The Labute approximate surface area is 125 Å². The lowest BCUT2D eigenvalue weighted by atomic mass is 9.81. The van der Waals surface area contributed by atoms with Crippen molar-refractivity contribution in [2.24, 2.45) is 11.8 Å². The van der Waals surface area contributed by atoms with Crippen molar-refractivity contribution in [2.45, 2.75) is 45.4 Å². The van der Waals surface area contributed by atoms with Crippen LogP contribution < -0.4 is 5.32 Å². The third-order valence-corrected chi connectivity index (χ3v) is 4.09. The van der Waals surface area contributed by atoms with E-state index in [2.05, 4.69) is 12.2 Å². The lowest BCUT2D eigenvalue weighted by Gasteiger charge is -2.26. The van der Waals surface area contributed by atoms with Crippen LogP contribution in [0.5, 0.6) is 0 Å². The first-order valence-corrected chi connectivity index (χ1v) is 7.63. The minimum Gasteiger partial charge on any atom is -0.481 e. The fourth-order valence-corrected chi connectivity index (χ4v) is 3.15. The molecule has 1 amide bonds. The number of benzene rings is 1. The molecular weight excluding hydrogens is 266 g/mol. The lowest BCUT2D eigenvalue weighted by Crippen LogP contribution is -2.21. The topological polar surface area (TPSA) is 66.4 Å². The highest BCUT2D eigenvalue weighted by Crippen LogP contribution is 2.30. The van der Waals surface area contributed by atoms with Gasteiger partial charge in [-0.05, 0) is 42.4 Å². The van der Waals surface area contributed by atoms with Crippen LogP contribution in [-0.2, 0) is 16.0 Å². The summed E-state index contributed by atoms with van der Waals surface area (Å²) in [5, 5.41) is 11.7. The first-order chi connectivity index (χ1) is 10.0. The van der Waals surface area contributed by atoms with Gasteiger partial charge in [0.1, 0.15) is 0 Å². The largest absolute Gasteiger partial charge is 0.481 e. The second-order valence-corrected chi connectivity index (χ2v) is 6.16. The van der Waals surface area contributed by atoms with Gasteiger partial charge in [0, 0.05) is 12.1 Å². The summed E-state index contributed by atoms with van der Waals surface area (Å²) < 4.78 is 0. The quantitative estimate of drug-likeness (QED) is 0.872. The highest BCUT2D eigenvalue weighted by Gasteiger charge is 2.21. The molecule has 2 unspecified atom stereocenters. The van der Waals surface area contributed by atoms with E-state index >= 15 is 0 Å². The number of carboxylic acid groups (broad SMARTS) is 1. The monoisotopic (exact) mass is 289 g/mol. The average molecular weight is 289 g/mol. The van der Waals surface area contributed by atoms with Gasteiger partial charge in [-0.25, -0.2) is 0 Å². The Balaban J connectivity index is 1.88. The van der Waals surface area contributed by atoms with Crippen LogP contribution in [0.2, 0.25) is 0 Å². The van der Waals surface area contributed by atoms with E-state index in [1.165, 1.54) is 12.8 Å². The second kappa shape index (κ2) is 7.25. The van der Waals surface area contributed by atoms with Gasteiger partial charge >= 0.3 is 5.97 Å². The summed E-state index contributed by atoms with van der Waals surface area (Å²) in [5.74, 6) is 0.364. The molecule has 0 spiro atoms. The summed E-state index contributed by atoms with van der Waals surface area (Å²) in [4.78, 5) is 22.8. The number of hydrogen-bond donors (Lipinski definition) is 2. The third-order valence-electron chi connectivity index (χ3n) is 4.09. The Morgan fingerprint density at radius 2 is 2.14 bits per heavy atom. The van der Waals surface area contributed by atoms with Crippen molar-refractivity contribution in [2.75, 3.05) is 5.32 Å². The van der Waals surface area contributed by atoms with Crippen molar-refractivity contribution in [1.29, 1.82) is 0 Å². The Bertz CT molecular complexity index is 513. The number of amides is 1. The molecule has 1 aliphatic carbocycles. The number of carbonyl (C=O) groups is 2. The SMILES string of the molecule is CC1CCCC(CC(=O)Nc2cccc(CC(=O)O)c2)C1. The summed E-state index contributed by atoms with van der Waals surface area (Å²) in [7, 11) is 0. The van der Waals surface area contributed by atoms with E-state index in [9.17, 15) is 9.59 Å². The van der Waals surface area contributed by atoms with Crippen molar-refractivity contribution < 1.29 is 14.7 Å². The van der Waals surface area contributed by atoms with Crippen LogP contribution >= 0.6 is 0 Å². The minimum absolute atomic E-state index is 0.0240. The summed E-state index contributed by atoms with van der Waals surface area (Å²) >= 11 is 0. The molecule has 0 heterocycles. The van der Waals surface area contributed by atoms with Crippen LogP contribution in [0.4, 0.5) is 5.69 Å². The van der Waals surface area contributed by atoms with Gasteiger partial charge in [0.15, 0.2) is 0 Å². The van der Waals surface area contributed by atoms with Crippen molar-refractivity contribution in [3.63, 3.8) is 0 Å². The zero-order chi connectivity index (χ0) is 15.2. The minimum atomic E-state index is -0.866. The van der Waals surface area contributed by atoms with E-state index < -0.39 is 5.97 Å². The normalized spacial score (nSPS) is 21.8. The van der Waals surface area contributed by atoms with Crippen molar-refractivity contribution in [3.05, 3.63) is 29.8 Å². The van der Waals surface area contributed by atoms with Gasteiger partial charge in [0.05, 0.1) is 6.42 Å².